The lowest BCUT2D eigenvalue weighted by molar-refractivity contribution is -0.135. The largest absolute Gasteiger partial charge is 0.481 e. The molecule has 2 N–H and O–H groups in total. The monoisotopic (exact) mass is 342 g/mol. The van der Waals surface area contributed by atoms with Crippen LogP contribution in [0.15, 0.2) is 24.3 Å². The van der Waals surface area contributed by atoms with Gasteiger partial charge in [-0.25, -0.2) is 4.39 Å². The van der Waals surface area contributed by atoms with E-state index in [4.69, 9.17) is 19.8 Å². The molecular formula is C10H12FIO4. The summed E-state index contributed by atoms with van der Waals surface area (Å²) in [4.78, 5) is 18.0. The van der Waals surface area contributed by atoms with Crippen LogP contribution >= 0.6 is 22.6 Å². The smallest absolute Gasteiger partial charge is 0.300 e. The second-order valence-corrected chi connectivity index (χ2v) is 3.72. The molecule has 0 saturated carbocycles. The molecule has 0 unspecified atom stereocenters. The number of hydrogen-bond donors (Lipinski definition) is 2. The highest BCUT2D eigenvalue weighted by Gasteiger charge is 1.84. The number of carboxylic acids is 2. The van der Waals surface area contributed by atoms with E-state index in [1.54, 1.807) is 12.1 Å². The van der Waals surface area contributed by atoms with E-state index in [0.717, 1.165) is 17.4 Å². The zero-order chi connectivity index (χ0) is 13.1. The Morgan fingerprint density at radius 3 is 1.50 bits per heavy atom. The van der Waals surface area contributed by atoms with Gasteiger partial charge in [-0.3, -0.25) is 9.59 Å². The molecule has 0 heterocycles. The predicted molar refractivity (Wildman–Crippen MR) is 65.7 cm³/mol. The average Bonchev–Trinajstić information content (AvgIpc) is 2.08. The third-order valence-electron chi connectivity index (χ3n) is 0.804. The molecule has 0 saturated heterocycles. The Bertz CT molecular complexity index is 283. The summed E-state index contributed by atoms with van der Waals surface area (Å²) in [6.45, 7) is 2.17. The van der Waals surface area contributed by atoms with Crippen molar-refractivity contribution in [3.05, 3.63) is 33.7 Å². The molecule has 90 valence electrons. The molecule has 0 radical (unpaired) electrons. The van der Waals surface area contributed by atoms with Gasteiger partial charge in [0.2, 0.25) is 0 Å². The van der Waals surface area contributed by atoms with Gasteiger partial charge in [0.25, 0.3) is 11.9 Å². The highest BCUT2D eigenvalue weighted by atomic mass is 127. The standard InChI is InChI=1S/C6H4FI.2C2H4O2/c7-5-1-3-6(8)4-2-5;2*1-2(3)4/h1-4H;2*1H3,(H,3,4). The first-order chi connectivity index (χ1) is 7.25. The van der Waals surface area contributed by atoms with Crippen LogP contribution in [0.25, 0.3) is 0 Å². The van der Waals surface area contributed by atoms with Crippen molar-refractivity contribution < 1.29 is 24.2 Å². The number of carbonyl (C=O) groups is 2. The van der Waals surface area contributed by atoms with Gasteiger partial charge >= 0.3 is 0 Å². The molecule has 0 bridgehead atoms. The van der Waals surface area contributed by atoms with Crippen molar-refractivity contribution >= 4 is 34.5 Å². The van der Waals surface area contributed by atoms with E-state index in [-0.39, 0.29) is 5.82 Å². The Morgan fingerprint density at radius 2 is 1.31 bits per heavy atom. The van der Waals surface area contributed by atoms with Gasteiger partial charge in [0.05, 0.1) is 0 Å². The van der Waals surface area contributed by atoms with Crippen molar-refractivity contribution in [2.75, 3.05) is 0 Å². The molecule has 0 aliphatic carbocycles. The van der Waals surface area contributed by atoms with E-state index in [0.29, 0.717) is 0 Å². The molecular weight excluding hydrogens is 330 g/mol. The SMILES string of the molecule is CC(=O)O.CC(=O)O.Fc1ccc(I)cc1. The Kier molecular flexibility index (Phi) is 11.1. The zero-order valence-electron chi connectivity index (χ0n) is 8.78. The Balaban J connectivity index is 0. The van der Waals surface area contributed by atoms with Crippen LogP contribution in [-0.2, 0) is 9.59 Å². The normalized spacial score (nSPS) is 7.75. The Hall–Kier alpha value is -1.18. The van der Waals surface area contributed by atoms with Crippen molar-refractivity contribution in [3.8, 4) is 0 Å². The van der Waals surface area contributed by atoms with Gasteiger partial charge in [-0.15, -0.1) is 0 Å². The average molecular weight is 342 g/mol. The molecule has 0 aliphatic rings. The summed E-state index contributed by atoms with van der Waals surface area (Å²) in [7, 11) is 0. The third-order valence-corrected chi connectivity index (χ3v) is 1.52. The number of benzene rings is 1. The lowest BCUT2D eigenvalue weighted by Gasteiger charge is -1.85. The maximum absolute atomic E-state index is 12.1. The summed E-state index contributed by atoms with van der Waals surface area (Å²) in [6.07, 6.45) is 0. The van der Waals surface area contributed by atoms with Crippen LogP contribution in [0.1, 0.15) is 13.8 Å². The first-order valence-corrected chi connectivity index (χ1v) is 5.13. The van der Waals surface area contributed by atoms with Gasteiger partial charge in [-0.2, -0.15) is 0 Å². The van der Waals surface area contributed by atoms with Crippen LogP contribution < -0.4 is 0 Å². The van der Waals surface area contributed by atoms with E-state index in [1.807, 2.05) is 0 Å². The van der Waals surface area contributed by atoms with E-state index >= 15 is 0 Å². The minimum absolute atomic E-state index is 0.176. The van der Waals surface area contributed by atoms with Crippen LogP contribution in [-0.4, -0.2) is 22.2 Å². The Morgan fingerprint density at radius 1 is 1.06 bits per heavy atom. The van der Waals surface area contributed by atoms with Crippen LogP contribution in [0.2, 0.25) is 0 Å². The van der Waals surface area contributed by atoms with Gasteiger partial charge in [0, 0.05) is 17.4 Å². The maximum atomic E-state index is 12.1. The fraction of sp³-hybridized carbons (Fsp3) is 0.200. The molecule has 0 fully saturated rings. The molecule has 0 amide bonds. The molecule has 1 aromatic carbocycles. The van der Waals surface area contributed by atoms with Crippen molar-refractivity contribution in [2.24, 2.45) is 0 Å². The van der Waals surface area contributed by atoms with Crippen LogP contribution in [0.3, 0.4) is 0 Å². The summed E-state index contributed by atoms with van der Waals surface area (Å²) in [6, 6.07) is 6.36. The van der Waals surface area contributed by atoms with E-state index in [9.17, 15) is 4.39 Å². The predicted octanol–water partition coefficient (Wildman–Crippen LogP) is 2.61. The van der Waals surface area contributed by atoms with Gasteiger partial charge in [0.1, 0.15) is 5.82 Å². The molecule has 16 heavy (non-hydrogen) atoms. The number of carboxylic acid groups (broad SMARTS) is 2. The molecule has 1 rings (SSSR count). The zero-order valence-corrected chi connectivity index (χ0v) is 10.9. The van der Waals surface area contributed by atoms with Crippen LogP contribution in [0.5, 0.6) is 0 Å². The third kappa shape index (κ3) is 23.0. The lowest BCUT2D eigenvalue weighted by atomic mass is 10.4. The van der Waals surface area contributed by atoms with E-state index in [1.165, 1.54) is 12.1 Å². The molecule has 0 aliphatic heterocycles. The molecule has 1 aromatic rings. The molecule has 0 atom stereocenters. The van der Waals surface area contributed by atoms with Crippen LogP contribution in [0.4, 0.5) is 4.39 Å². The van der Waals surface area contributed by atoms with Crippen molar-refractivity contribution in [3.63, 3.8) is 0 Å². The summed E-state index contributed by atoms with van der Waals surface area (Å²) < 4.78 is 13.1. The molecule has 0 spiro atoms. The highest BCUT2D eigenvalue weighted by Crippen LogP contribution is 2.04. The maximum Gasteiger partial charge on any atom is 0.300 e. The van der Waals surface area contributed by atoms with Crippen molar-refractivity contribution in [1.29, 1.82) is 0 Å². The molecule has 6 heteroatoms. The minimum atomic E-state index is -0.833. The van der Waals surface area contributed by atoms with E-state index in [2.05, 4.69) is 22.6 Å². The topological polar surface area (TPSA) is 74.6 Å². The number of halogens is 2. The second-order valence-electron chi connectivity index (χ2n) is 2.47. The summed E-state index contributed by atoms with van der Waals surface area (Å²) in [5.74, 6) is -1.84. The summed E-state index contributed by atoms with van der Waals surface area (Å²) >= 11 is 2.13. The second kappa shape index (κ2) is 10.3. The molecule has 4 nitrogen and oxygen atoms in total. The van der Waals surface area contributed by atoms with Crippen molar-refractivity contribution in [1.82, 2.24) is 0 Å². The van der Waals surface area contributed by atoms with Gasteiger partial charge in [-0.1, -0.05) is 0 Å². The van der Waals surface area contributed by atoms with Gasteiger partial charge < -0.3 is 10.2 Å². The fourth-order valence-corrected chi connectivity index (χ4v) is 0.789. The number of rotatable bonds is 0. The quantitative estimate of drug-likeness (QED) is 0.711. The number of aliphatic carboxylic acids is 2. The fourth-order valence-electron chi connectivity index (χ4n) is 0.430. The molecule has 0 aromatic heterocycles. The lowest BCUT2D eigenvalue weighted by Crippen LogP contribution is -1.78. The van der Waals surface area contributed by atoms with Gasteiger partial charge in [-0.05, 0) is 46.9 Å². The number of hydrogen-bond acceptors (Lipinski definition) is 2. The first-order valence-electron chi connectivity index (χ1n) is 4.05. The first kappa shape index (κ1) is 17.2. The Labute approximate surface area is 106 Å². The van der Waals surface area contributed by atoms with E-state index < -0.39 is 11.9 Å². The summed E-state index contributed by atoms with van der Waals surface area (Å²) in [5.41, 5.74) is 0. The highest BCUT2D eigenvalue weighted by molar-refractivity contribution is 14.1. The van der Waals surface area contributed by atoms with Gasteiger partial charge in [0.15, 0.2) is 0 Å². The van der Waals surface area contributed by atoms with Crippen molar-refractivity contribution in [2.45, 2.75) is 13.8 Å². The summed E-state index contributed by atoms with van der Waals surface area (Å²) in [5, 5.41) is 14.8. The minimum Gasteiger partial charge on any atom is -0.481 e. The van der Waals surface area contributed by atoms with Crippen LogP contribution in [0, 0.1) is 9.39 Å².